The van der Waals surface area contributed by atoms with Gasteiger partial charge in [0, 0.05) is 6.42 Å². The van der Waals surface area contributed by atoms with Gasteiger partial charge in [-0.3, -0.25) is 4.79 Å². The second-order valence-electron chi connectivity index (χ2n) is 7.69. The summed E-state index contributed by atoms with van der Waals surface area (Å²) in [7, 11) is 0. The highest BCUT2D eigenvalue weighted by atomic mass is 32.2. The van der Waals surface area contributed by atoms with Crippen molar-refractivity contribution in [3.05, 3.63) is 28.8 Å². The summed E-state index contributed by atoms with van der Waals surface area (Å²) in [4.78, 5) is 11.9. The molecule has 1 aromatic carbocycles. The summed E-state index contributed by atoms with van der Waals surface area (Å²) in [6, 6.07) is 3.98. The zero-order valence-electron chi connectivity index (χ0n) is 14.3. The van der Waals surface area contributed by atoms with E-state index in [1.54, 1.807) is 11.8 Å². The van der Waals surface area contributed by atoms with Gasteiger partial charge in [-0.1, -0.05) is 53.7 Å². The third-order valence-corrected chi connectivity index (χ3v) is 4.10. The monoisotopic (exact) mass is 308 g/mol. The summed E-state index contributed by atoms with van der Waals surface area (Å²) >= 11 is 1.55. The number of carbonyl (C=O) groups excluding carboxylic acids is 1. The SMILES string of the molecule is CSCC(=O)Cc1cc(C(C)(C)C)c(O)c(C(C)(C)C)c1. The van der Waals surface area contributed by atoms with Crippen molar-refractivity contribution in [3.63, 3.8) is 0 Å². The number of phenols is 1. The van der Waals surface area contributed by atoms with Crippen molar-refractivity contribution in [1.82, 2.24) is 0 Å². The van der Waals surface area contributed by atoms with E-state index in [-0.39, 0.29) is 16.6 Å². The maximum atomic E-state index is 11.9. The number of ketones is 1. The van der Waals surface area contributed by atoms with E-state index in [2.05, 4.69) is 41.5 Å². The van der Waals surface area contributed by atoms with Gasteiger partial charge in [0.2, 0.25) is 0 Å². The zero-order valence-corrected chi connectivity index (χ0v) is 15.1. The van der Waals surface area contributed by atoms with Gasteiger partial charge in [-0.2, -0.15) is 11.8 Å². The Morgan fingerprint density at radius 2 is 1.48 bits per heavy atom. The van der Waals surface area contributed by atoms with E-state index in [4.69, 9.17) is 0 Å². The van der Waals surface area contributed by atoms with Gasteiger partial charge in [0.15, 0.2) is 0 Å². The molecule has 1 rings (SSSR count). The van der Waals surface area contributed by atoms with Crippen LogP contribution in [0.3, 0.4) is 0 Å². The van der Waals surface area contributed by atoms with Gasteiger partial charge in [0.25, 0.3) is 0 Å². The average Bonchev–Trinajstić information content (AvgIpc) is 2.28. The van der Waals surface area contributed by atoms with E-state index >= 15 is 0 Å². The minimum absolute atomic E-state index is 0.150. The topological polar surface area (TPSA) is 37.3 Å². The zero-order chi connectivity index (χ0) is 16.4. The fraction of sp³-hybridized carbons (Fsp3) is 0.611. The molecule has 0 saturated heterocycles. The number of hydrogen-bond donors (Lipinski definition) is 1. The van der Waals surface area contributed by atoms with Gasteiger partial charge in [0.1, 0.15) is 11.5 Å². The molecule has 0 amide bonds. The summed E-state index contributed by atoms with van der Waals surface area (Å²) in [5.74, 6) is 1.14. The molecule has 118 valence electrons. The molecule has 0 radical (unpaired) electrons. The summed E-state index contributed by atoms with van der Waals surface area (Å²) in [5.41, 5.74) is 2.54. The average molecular weight is 308 g/mol. The quantitative estimate of drug-likeness (QED) is 0.892. The Morgan fingerprint density at radius 3 is 1.81 bits per heavy atom. The first-order valence-electron chi connectivity index (χ1n) is 7.34. The Labute approximate surface area is 133 Å². The Bertz CT molecular complexity index is 484. The molecular weight excluding hydrogens is 280 g/mol. The first-order chi connectivity index (χ1) is 9.46. The number of Topliss-reactive ketones (excluding diaryl/α,β-unsaturated/α-hetero) is 1. The van der Waals surface area contributed by atoms with E-state index < -0.39 is 0 Å². The smallest absolute Gasteiger partial charge is 0.147 e. The number of phenolic OH excluding ortho intramolecular Hbond substituents is 1. The van der Waals surface area contributed by atoms with Crippen LogP contribution in [0.1, 0.15) is 58.2 Å². The molecule has 2 nitrogen and oxygen atoms in total. The normalized spacial score (nSPS) is 12.5. The van der Waals surface area contributed by atoms with Gasteiger partial charge in [-0.15, -0.1) is 0 Å². The van der Waals surface area contributed by atoms with Crippen molar-refractivity contribution in [2.24, 2.45) is 0 Å². The van der Waals surface area contributed by atoms with Gasteiger partial charge in [-0.05, 0) is 33.8 Å². The number of hydrogen-bond acceptors (Lipinski definition) is 3. The minimum atomic E-state index is -0.150. The molecule has 1 N–H and O–H groups in total. The van der Waals surface area contributed by atoms with E-state index in [0.29, 0.717) is 17.9 Å². The van der Waals surface area contributed by atoms with Crippen LogP contribution in [-0.4, -0.2) is 22.9 Å². The maximum absolute atomic E-state index is 11.9. The number of rotatable bonds is 4. The van der Waals surface area contributed by atoms with E-state index in [1.165, 1.54) is 0 Å². The Balaban J connectivity index is 3.37. The van der Waals surface area contributed by atoms with Gasteiger partial charge in [0.05, 0.1) is 5.75 Å². The predicted molar refractivity (Wildman–Crippen MR) is 92.6 cm³/mol. The molecule has 0 aliphatic rings. The lowest BCUT2D eigenvalue weighted by Gasteiger charge is -2.28. The van der Waals surface area contributed by atoms with Crippen LogP contribution in [0.4, 0.5) is 0 Å². The standard InChI is InChI=1S/C18H28O2S/c1-17(2,3)14-9-12(8-13(19)11-21-7)10-15(16(14)20)18(4,5)6/h9-10,20H,8,11H2,1-7H3. The third kappa shape index (κ3) is 4.77. The van der Waals surface area contributed by atoms with Crippen molar-refractivity contribution in [1.29, 1.82) is 0 Å². The van der Waals surface area contributed by atoms with Crippen molar-refractivity contribution < 1.29 is 9.90 Å². The highest BCUT2D eigenvalue weighted by molar-refractivity contribution is 7.99. The molecule has 0 unspecified atom stereocenters. The number of thioether (sulfide) groups is 1. The Kier molecular flexibility index (Phi) is 5.54. The second kappa shape index (κ2) is 6.43. The van der Waals surface area contributed by atoms with Crippen LogP contribution in [0.25, 0.3) is 0 Å². The molecule has 0 aromatic heterocycles. The highest BCUT2D eigenvalue weighted by Crippen LogP contribution is 2.39. The molecule has 0 fully saturated rings. The summed E-state index contributed by atoms with van der Waals surface area (Å²) in [5, 5.41) is 10.6. The molecule has 0 saturated carbocycles. The Morgan fingerprint density at radius 1 is 1.05 bits per heavy atom. The van der Waals surface area contributed by atoms with Crippen molar-refractivity contribution in [2.75, 3.05) is 12.0 Å². The van der Waals surface area contributed by atoms with Crippen LogP contribution < -0.4 is 0 Å². The van der Waals surface area contributed by atoms with Crippen LogP contribution >= 0.6 is 11.8 Å². The lowest BCUT2D eigenvalue weighted by atomic mass is 9.78. The van der Waals surface area contributed by atoms with Gasteiger partial charge in [-0.25, -0.2) is 0 Å². The largest absolute Gasteiger partial charge is 0.507 e. The highest BCUT2D eigenvalue weighted by Gasteiger charge is 2.26. The number of benzene rings is 1. The van der Waals surface area contributed by atoms with Crippen LogP contribution in [0.15, 0.2) is 12.1 Å². The lowest BCUT2D eigenvalue weighted by Crippen LogP contribution is -2.18. The third-order valence-electron chi connectivity index (χ3n) is 3.49. The number of aromatic hydroxyl groups is 1. The fourth-order valence-electron chi connectivity index (χ4n) is 2.38. The summed E-state index contributed by atoms with van der Waals surface area (Å²) in [6.45, 7) is 12.5. The fourth-order valence-corrected chi connectivity index (χ4v) is 2.80. The Hall–Kier alpha value is -0.960. The van der Waals surface area contributed by atoms with Crippen molar-refractivity contribution in [3.8, 4) is 5.75 Å². The molecule has 3 heteroatoms. The van der Waals surface area contributed by atoms with Crippen molar-refractivity contribution in [2.45, 2.75) is 58.8 Å². The lowest BCUT2D eigenvalue weighted by molar-refractivity contribution is -0.116. The van der Waals surface area contributed by atoms with Gasteiger partial charge < -0.3 is 5.11 Å². The van der Waals surface area contributed by atoms with Crippen molar-refractivity contribution >= 4 is 17.5 Å². The second-order valence-corrected chi connectivity index (χ2v) is 8.55. The molecule has 21 heavy (non-hydrogen) atoms. The predicted octanol–water partition coefficient (Wildman–Crippen LogP) is 4.46. The molecular formula is C18H28O2S. The molecule has 0 atom stereocenters. The van der Waals surface area contributed by atoms with E-state index in [9.17, 15) is 9.90 Å². The van der Waals surface area contributed by atoms with Gasteiger partial charge >= 0.3 is 0 Å². The summed E-state index contributed by atoms with van der Waals surface area (Å²) < 4.78 is 0. The summed E-state index contributed by atoms with van der Waals surface area (Å²) in [6.07, 6.45) is 2.38. The van der Waals surface area contributed by atoms with E-state index in [0.717, 1.165) is 16.7 Å². The number of carbonyl (C=O) groups is 1. The van der Waals surface area contributed by atoms with Crippen LogP contribution in [-0.2, 0) is 22.0 Å². The first kappa shape index (κ1) is 18.1. The molecule has 0 spiro atoms. The molecule has 1 aromatic rings. The van der Waals surface area contributed by atoms with Crippen LogP contribution in [0.5, 0.6) is 5.75 Å². The van der Waals surface area contributed by atoms with Crippen LogP contribution in [0, 0.1) is 0 Å². The molecule has 0 heterocycles. The van der Waals surface area contributed by atoms with Crippen LogP contribution in [0.2, 0.25) is 0 Å². The van der Waals surface area contributed by atoms with E-state index in [1.807, 2.05) is 18.4 Å². The molecule has 0 aliphatic heterocycles. The maximum Gasteiger partial charge on any atom is 0.147 e. The first-order valence-corrected chi connectivity index (χ1v) is 8.73. The molecule has 0 aliphatic carbocycles. The molecule has 0 bridgehead atoms. The minimum Gasteiger partial charge on any atom is -0.507 e.